The van der Waals surface area contributed by atoms with E-state index in [1.807, 2.05) is 0 Å². The summed E-state index contributed by atoms with van der Waals surface area (Å²) in [5, 5.41) is 13.0. The maximum Gasteiger partial charge on any atom is 0.310 e. The van der Waals surface area contributed by atoms with Crippen molar-refractivity contribution in [3.05, 3.63) is 46.4 Å². The first kappa shape index (κ1) is 12.8. The highest BCUT2D eigenvalue weighted by atomic mass is 79.9. The number of carboxylic acid groups (broad SMARTS) is 1. The highest BCUT2D eigenvalue weighted by Crippen LogP contribution is 2.21. The van der Waals surface area contributed by atoms with E-state index >= 15 is 0 Å². The molecule has 1 atom stereocenters. The minimum atomic E-state index is -0.908. The minimum Gasteiger partial charge on any atom is -0.481 e. The Kier molecular flexibility index (Phi) is 3.47. The zero-order valence-corrected chi connectivity index (χ0v) is 11.1. The molecule has 2 rings (SSSR count). The largest absolute Gasteiger partial charge is 0.481 e. The van der Waals surface area contributed by atoms with Crippen molar-refractivity contribution in [2.75, 3.05) is 0 Å². The highest BCUT2D eigenvalue weighted by Gasteiger charge is 2.16. The Morgan fingerprint density at radius 1 is 1.56 bits per heavy atom. The first-order valence-electron chi connectivity index (χ1n) is 5.22. The molecule has 1 N–H and O–H groups in total. The molecule has 0 bridgehead atoms. The quantitative estimate of drug-likeness (QED) is 0.948. The molecule has 0 amide bonds. The molecule has 0 radical (unpaired) electrons. The molecule has 1 unspecified atom stereocenters. The Balaban J connectivity index is 2.35. The number of hydrogen-bond donors (Lipinski definition) is 1. The third kappa shape index (κ3) is 2.43. The summed E-state index contributed by atoms with van der Waals surface area (Å²) < 4.78 is 14.9. The van der Waals surface area contributed by atoms with Gasteiger partial charge < -0.3 is 5.11 Å². The van der Waals surface area contributed by atoms with Gasteiger partial charge in [0.2, 0.25) is 0 Å². The van der Waals surface area contributed by atoms with Crippen molar-refractivity contribution >= 4 is 21.9 Å². The summed E-state index contributed by atoms with van der Waals surface area (Å²) in [5.74, 6) is -1.89. The summed E-state index contributed by atoms with van der Waals surface area (Å²) in [5.41, 5.74) is 1.26. The van der Waals surface area contributed by atoms with Gasteiger partial charge in [0.05, 0.1) is 22.3 Å². The fourth-order valence-corrected chi connectivity index (χ4v) is 1.84. The molecule has 0 fully saturated rings. The smallest absolute Gasteiger partial charge is 0.310 e. The summed E-state index contributed by atoms with van der Waals surface area (Å²) in [4.78, 5) is 10.9. The average Bonchev–Trinajstić information content (AvgIpc) is 2.81. The van der Waals surface area contributed by atoms with Crippen LogP contribution in [0, 0.1) is 5.82 Å². The molecule has 1 heterocycles. The zero-order chi connectivity index (χ0) is 13.3. The van der Waals surface area contributed by atoms with Crippen LogP contribution in [0.5, 0.6) is 0 Å². The molecular formula is C12H10BrFN2O2. The maximum atomic E-state index is 13.1. The van der Waals surface area contributed by atoms with Crippen LogP contribution in [0.15, 0.2) is 35.1 Å². The number of carbonyl (C=O) groups is 1. The fourth-order valence-electron chi connectivity index (χ4n) is 1.47. The van der Waals surface area contributed by atoms with Crippen molar-refractivity contribution < 1.29 is 14.3 Å². The van der Waals surface area contributed by atoms with Crippen molar-refractivity contribution in [2.45, 2.75) is 12.8 Å². The van der Waals surface area contributed by atoms with E-state index in [-0.39, 0.29) is 5.82 Å². The number of nitrogens with zero attached hydrogens (tertiary/aromatic N) is 2. The Bertz CT molecular complexity index is 598. The van der Waals surface area contributed by atoms with Crippen LogP contribution in [0.25, 0.3) is 5.69 Å². The number of hydrogen-bond acceptors (Lipinski definition) is 2. The third-order valence-corrected chi connectivity index (χ3v) is 3.25. The Morgan fingerprint density at radius 3 is 2.89 bits per heavy atom. The molecule has 4 nitrogen and oxygen atoms in total. The van der Waals surface area contributed by atoms with Gasteiger partial charge in [0.25, 0.3) is 0 Å². The van der Waals surface area contributed by atoms with E-state index in [9.17, 15) is 9.18 Å². The lowest BCUT2D eigenvalue weighted by Gasteiger charge is -2.03. The van der Waals surface area contributed by atoms with Crippen LogP contribution < -0.4 is 0 Å². The van der Waals surface area contributed by atoms with Gasteiger partial charge >= 0.3 is 5.97 Å². The van der Waals surface area contributed by atoms with Crippen LogP contribution in [0.3, 0.4) is 0 Å². The Hall–Kier alpha value is -1.69. The molecule has 0 saturated carbocycles. The zero-order valence-electron chi connectivity index (χ0n) is 9.47. The summed E-state index contributed by atoms with van der Waals surface area (Å²) >= 11 is 3.09. The van der Waals surface area contributed by atoms with E-state index in [2.05, 4.69) is 21.0 Å². The first-order valence-corrected chi connectivity index (χ1v) is 6.01. The van der Waals surface area contributed by atoms with Crippen molar-refractivity contribution in [1.82, 2.24) is 9.78 Å². The first-order chi connectivity index (χ1) is 8.49. The second-order valence-electron chi connectivity index (χ2n) is 3.88. The number of benzene rings is 1. The molecule has 94 valence electrons. The molecule has 1 aromatic heterocycles. The Morgan fingerprint density at radius 2 is 2.28 bits per heavy atom. The summed E-state index contributed by atoms with van der Waals surface area (Å²) in [6, 6.07) is 4.47. The number of aromatic nitrogens is 2. The Labute approximate surface area is 111 Å². The molecule has 6 heteroatoms. The van der Waals surface area contributed by atoms with Crippen molar-refractivity contribution in [1.29, 1.82) is 0 Å². The second kappa shape index (κ2) is 4.89. The van der Waals surface area contributed by atoms with Gasteiger partial charge in [0.15, 0.2) is 0 Å². The minimum absolute atomic E-state index is 0.336. The molecule has 18 heavy (non-hydrogen) atoms. The van der Waals surface area contributed by atoms with E-state index < -0.39 is 11.9 Å². The standard InChI is InChI=1S/C12H10BrFN2O2/c1-7(12(17)18)8-5-15-16(6-8)9-2-3-11(14)10(13)4-9/h2-7H,1H3,(H,17,18). The van der Waals surface area contributed by atoms with Gasteiger partial charge in [-0.15, -0.1) is 0 Å². The van der Waals surface area contributed by atoms with E-state index in [1.165, 1.54) is 16.9 Å². The summed E-state index contributed by atoms with van der Waals surface area (Å²) in [7, 11) is 0. The van der Waals surface area contributed by atoms with Crippen LogP contribution in [-0.2, 0) is 4.79 Å². The monoisotopic (exact) mass is 312 g/mol. The molecule has 0 saturated heterocycles. The number of aliphatic carboxylic acids is 1. The number of rotatable bonds is 3. The second-order valence-corrected chi connectivity index (χ2v) is 4.73. The van der Waals surface area contributed by atoms with Gasteiger partial charge in [-0.1, -0.05) is 0 Å². The maximum absolute atomic E-state index is 13.1. The van der Waals surface area contributed by atoms with E-state index in [0.717, 1.165) is 0 Å². The summed E-state index contributed by atoms with van der Waals surface area (Å²) in [6.45, 7) is 1.59. The molecule has 0 spiro atoms. The van der Waals surface area contributed by atoms with Crippen LogP contribution in [0.2, 0.25) is 0 Å². The van der Waals surface area contributed by atoms with Gasteiger partial charge in [-0.3, -0.25) is 4.79 Å². The van der Waals surface area contributed by atoms with Gasteiger partial charge in [-0.25, -0.2) is 9.07 Å². The number of halogens is 2. The van der Waals surface area contributed by atoms with E-state index in [1.54, 1.807) is 25.3 Å². The van der Waals surface area contributed by atoms with Gasteiger partial charge in [-0.05, 0) is 41.1 Å². The van der Waals surface area contributed by atoms with Crippen LogP contribution in [-0.4, -0.2) is 20.9 Å². The summed E-state index contributed by atoms with van der Waals surface area (Å²) in [6.07, 6.45) is 3.12. The van der Waals surface area contributed by atoms with Crippen molar-refractivity contribution in [3.8, 4) is 5.69 Å². The van der Waals surface area contributed by atoms with E-state index in [0.29, 0.717) is 15.7 Å². The van der Waals surface area contributed by atoms with Crippen LogP contribution >= 0.6 is 15.9 Å². The SMILES string of the molecule is CC(C(=O)O)c1cnn(-c2ccc(F)c(Br)c2)c1. The van der Waals surface area contributed by atoms with E-state index in [4.69, 9.17) is 5.11 Å². The lowest BCUT2D eigenvalue weighted by atomic mass is 10.1. The van der Waals surface area contributed by atoms with Gasteiger partial charge in [0.1, 0.15) is 5.82 Å². The average molecular weight is 313 g/mol. The van der Waals surface area contributed by atoms with Crippen molar-refractivity contribution in [3.63, 3.8) is 0 Å². The lowest BCUT2D eigenvalue weighted by molar-refractivity contribution is -0.138. The highest BCUT2D eigenvalue weighted by molar-refractivity contribution is 9.10. The number of carboxylic acids is 1. The topological polar surface area (TPSA) is 55.1 Å². The van der Waals surface area contributed by atoms with Gasteiger partial charge in [0, 0.05) is 11.8 Å². The fraction of sp³-hybridized carbons (Fsp3) is 0.167. The molecule has 0 aliphatic carbocycles. The van der Waals surface area contributed by atoms with Crippen molar-refractivity contribution in [2.24, 2.45) is 0 Å². The third-order valence-electron chi connectivity index (χ3n) is 2.64. The molecule has 0 aliphatic rings. The molecule has 2 aromatic rings. The van der Waals surface area contributed by atoms with Gasteiger partial charge in [-0.2, -0.15) is 5.10 Å². The lowest BCUT2D eigenvalue weighted by Crippen LogP contribution is -2.06. The predicted molar refractivity (Wildman–Crippen MR) is 67.3 cm³/mol. The normalized spacial score (nSPS) is 12.4. The molecular weight excluding hydrogens is 303 g/mol. The molecule has 1 aromatic carbocycles. The van der Waals surface area contributed by atoms with Crippen LogP contribution in [0.4, 0.5) is 4.39 Å². The predicted octanol–water partition coefficient (Wildman–Crippen LogP) is 2.96. The molecule has 0 aliphatic heterocycles. The van der Waals surface area contributed by atoms with Crippen LogP contribution in [0.1, 0.15) is 18.4 Å².